The van der Waals surface area contributed by atoms with Crippen molar-refractivity contribution in [3.05, 3.63) is 34.9 Å². The maximum absolute atomic E-state index is 12.2. The number of hydrogen-bond donors (Lipinski definition) is 2. The molecule has 0 spiro atoms. The summed E-state index contributed by atoms with van der Waals surface area (Å²) in [5.41, 5.74) is 0.991. The van der Waals surface area contributed by atoms with Crippen LogP contribution in [0.3, 0.4) is 0 Å². The average molecular weight is 339 g/mol. The molecule has 0 radical (unpaired) electrons. The van der Waals surface area contributed by atoms with Crippen LogP contribution in [0.2, 0.25) is 5.02 Å². The molecule has 1 rings (SSSR count). The highest BCUT2D eigenvalue weighted by Gasteiger charge is 2.38. The topological polar surface area (TPSA) is 52.6 Å². The molecule has 0 aliphatic heterocycles. The van der Waals surface area contributed by atoms with E-state index in [2.05, 4.69) is 5.32 Å². The molecule has 0 saturated carbocycles. The summed E-state index contributed by atoms with van der Waals surface area (Å²) < 4.78 is 36.5. The van der Waals surface area contributed by atoms with Crippen LogP contribution in [-0.4, -0.2) is 54.9 Å². The predicted octanol–water partition coefficient (Wildman–Crippen LogP) is 1.85. The highest BCUT2D eigenvalue weighted by molar-refractivity contribution is 6.30. The van der Waals surface area contributed by atoms with Crippen LogP contribution >= 0.6 is 11.6 Å². The lowest BCUT2D eigenvalue weighted by molar-refractivity contribution is -0.207. The fourth-order valence-corrected chi connectivity index (χ4v) is 1.89. The lowest BCUT2D eigenvalue weighted by Gasteiger charge is -2.21. The van der Waals surface area contributed by atoms with E-state index in [4.69, 9.17) is 16.7 Å². The van der Waals surface area contributed by atoms with Crippen molar-refractivity contribution < 1.29 is 23.1 Å². The molecule has 8 heteroatoms. The molecule has 0 aliphatic rings. The second kappa shape index (κ2) is 8.36. The number of aliphatic hydroxyl groups excluding tert-OH is 1. The highest BCUT2D eigenvalue weighted by atomic mass is 35.5. The Hall–Kier alpha value is -1.31. The maximum Gasteiger partial charge on any atom is 0.415 e. The Morgan fingerprint density at radius 1 is 1.36 bits per heavy atom. The number of halogens is 4. The fourth-order valence-electron chi connectivity index (χ4n) is 1.76. The standard InChI is InChI=1S/C14H18ClF3N2O2/c1-20(8-12(21)14(16,17)18)9-13(22)19-7-6-10-2-4-11(15)5-3-10/h2-5,12,21H,6-9H2,1H3,(H,19,22). The zero-order valence-electron chi connectivity index (χ0n) is 12.0. The second-order valence-corrected chi connectivity index (χ2v) is 5.42. The Balaban J connectivity index is 2.26. The minimum atomic E-state index is -4.68. The van der Waals surface area contributed by atoms with E-state index >= 15 is 0 Å². The summed E-state index contributed by atoms with van der Waals surface area (Å²) in [6, 6.07) is 7.15. The number of benzene rings is 1. The van der Waals surface area contributed by atoms with Crippen LogP contribution in [-0.2, 0) is 11.2 Å². The molecular weight excluding hydrogens is 321 g/mol. The number of alkyl halides is 3. The van der Waals surface area contributed by atoms with Gasteiger partial charge in [-0.15, -0.1) is 0 Å². The second-order valence-electron chi connectivity index (χ2n) is 4.98. The Labute approximate surface area is 131 Å². The summed E-state index contributed by atoms with van der Waals surface area (Å²) in [6.45, 7) is -0.488. The zero-order valence-corrected chi connectivity index (χ0v) is 12.8. The van der Waals surface area contributed by atoms with Crippen LogP contribution in [0.4, 0.5) is 13.2 Å². The van der Waals surface area contributed by atoms with Crippen molar-refractivity contribution in [3.63, 3.8) is 0 Å². The van der Waals surface area contributed by atoms with Gasteiger partial charge >= 0.3 is 6.18 Å². The largest absolute Gasteiger partial charge is 0.415 e. The van der Waals surface area contributed by atoms with Gasteiger partial charge in [-0.2, -0.15) is 13.2 Å². The van der Waals surface area contributed by atoms with Crippen LogP contribution in [0.15, 0.2) is 24.3 Å². The van der Waals surface area contributed by atoms with E-state index < -0.39 is 24.7 Å². The summed E-state index contributed by atoms with van der Waals surface area (Å²) in [5.74, 6) is -0.397. The number of nitrogens with zero attached hydrogens (tertiary/aromatic N) is 1. The number of amides is 1. The first kappa shape index (κ1) is 18.7. The Kier molecular flexibility index (Phi) is 7.12. The van der Waals surface area contributed by atoms with E-state index in [9.17, 15) is 18.0 Å². The quantitative estimate of drug-likeness (QED) is 0.798. The van der Waals surface area contributed by atoms with Gasteiger partial charge in [-0.05, 0) is 31.2 Å². The maximum atomic E-state index is 12.2. The van der Waals surface area contributed by atoms with E-state index in [1.165, 1.54) is 7.05 Å². The molecule has 1 unspecified atom stereocenters. The molecule has 0 bridgehead atoms. The third-order valence-corrected chi connectivity index (χ3v) is 3.18. The van der Waals surface area contributed by atoms with Crippen molar-refractivity contribution in [2.45, 2.75) is 18.7 Å². The Morgan fingerprint density at radius 3 is 2.50 bits per heavy atom. The number of hydrogen-bond acceptors (Lipinski definition) is 3. The first-order valence-corrected chi connectivity index (χ1v) is 7.00. The minimum Gasteiger partial charge on any atom is -0.382 e. The van der Waals surface area contributed by atoms with Crippen molar-refractivity contribution in [1.29, 1.82) is 0 Å². The van der Waals surface area contributed by atoms with E-state index in [0.717, 1.165) is 10.5 Å². The monoisotopic (exact) mass is 338 g/mol. The molecule has 0 aromatic heterocycles. The van der Waals surface area contributed by atoms with Gasteiger partial charge in [0.1, 0.15) is 0 Å². The summed E-state index contributed by atoms with van der Waals surface area (Å²) >= 11 is 5.75. The lowest BCUT2D eigenvalue weighted by atomic mass is 10.1. The zero-order chi connectivity index (χ0) is 16.8. The van der Waals surface area contributed by atoms with Crippen LogP contribution in [0.25, 0.3) is 0 Å². The van der Waals surface area contributed by atoms with Gasteiger partial charge in [-0.1, -0.05) is 23.7 Å². The summed E-state index contributed by atoms with van der Waals surface area (Å²) in [4.78, 5) is 12.7. The SMILES string of the molecule is CN(CC(=O)NCCc1ccc(Cl)cc1)CC(O)C(F)(F)F. The third-order valence-electron chi connectivity index (χ3n) is 2.93. The van der Waals surface area contributed by atoms with Gasteiger partial charge in [-0.3, -0.25) is 9.69 Å². The van der Waals surface area contributed by atoms with Crippen molar-refractivity contribution in [3.8, 4) is 0 Å². The Morgan fingerprint density at radius 2 is 1.95 bits per heavy atom. The van der Waals surface area contributed by atoms with E-state index in [-0.39, 0.29) is 6.54 Å². The molecule has 124 valence electrons. The molecule has 1 aromatic rings. The molecule has 0 fully saturated rings. The van der Waals surface area contributed by atoms with Crippen LogP contribution in [0.1, 0.15) is 5.56 Å². The van der Waals surface area contributed by atoms with Crippen LogP contribution in [0.5, 0.6) is 0 Å². The van der Waals surface area contributed by atoms with Gasteiger partial charge in [0.2, 0.25) is 5.91 Å². The van der Waals surface area contributed by atoms with Gasteiger partial charge in [0.05, 0.1) is 6.54 Å². The fraction of sp³-hybridized carbons (Fsp3) is 0.500. The van der Waals surface area contributed by atoms with Gasteiger partial charge in [-0.25, -0.2) is 0 Å². The first-order chi connectivity index (χ1) is 10.2. The smallest absolute Gasteiger partial charge is 0.382 e. The summed E-state index contributed by atoms with van der Waals surface area (Å²) in [5, 5.41) is 12.1. The Bertz CT molecular complexity index is 480. The molecule has 0 aliphatic carbocycles. The highest BCUT2D eigenvalue weighted by Crippen LogP contribution is 2.20. The predicted molar refractivity (Wildman–Crippen MR) is 77.7 cm³/mol. The molecule has 2 N–H and O–H groups in total. The number of rotatable bonds is 7. The summed E-state index contributed by atoms with van der Waals surface area (Å²) in [6.07, 6.45) is -6.55. The molecular formula is C14H18ClF3N2O2. The van der Waals surface area contributed by atoms with Crippen molar-refractivity contribution in [2.24, 2.45) is 0 Å². The molecule has 1 aromatic carbocycles. The summed E-state index contributed by atoms with van der Waals surface area (Å²) in [7, 11) is 1.34. The molecule has 0 saturated heterocycles. The van der Waals surface area contributed by atoms with Crippen molar-refractivity contribution in [2.75, 3.05) is 26.7 Å². The molecule has 4 nitrogen and oxygen atoms in total. The van der Waals surface area contributed by atoms with Gasteiger partial charge < -0.3 is 10.4 Å². The minimum absolute atomic E-state index is 0.215. The number of carbonyl (C=O) groups excluding carboxylic acids is 1. The van der Waals surface area contributed by atoms with E-state index in [0.29, 0.717) is 18.0 Å². The van der Waals surface area contributed by atoms with Gasteiger partial charge in [0.25, 0.3) is 0 Å². The third kappa shape index (κ3) is 7.11. The number of carbonyl (C=O) groups is 1. The molecule has 1 atom stereocenters. The van der Waals surface area contributed by atoms with Gasteiger partial charge in [0, 0.05) is 18.1 Å². The van der Waals surface area contributed by atoms with E-state index in [1.54, 1.807) is 12.1 Å². The molecule has 0 heterocycles. The first-order valence-electron chi connectivity index (χ1n) is 6.63. The molecule has 22 heavy (non-hydrogen) atoms. The number of aliphatic hydroxyl groups is 1. The lowest BCUT2D eigenvalue weighted by Crippen LogP contribution is -2.43. The van der Waals surface area contributed by atoms with Crippen LogP contribution < -0.4 is 5.32 Å². The van der Waals surface area contributed by atoms with E-state index in [1.807, 2.05) is 12.1 Å². The van der Waals surface area contributed by atoms with Crippen molar-refractivity contribution >= 4 is 17.5 Å². The van der Waals surface area contributed by atoms with Gasteiger partial charge in [0.15, 0.2) is 6.10 Å². The number of nitrogens with one attached hydrogen (secondary N) is 1. The average Bonchev–Trinajstić information content (AvgIpc) is 2.39. The normalized spacial score (nSPS) is 13.2. The molecule has 1 amide bonds. The van der Waals surface area contributed by atoms with Crippen molar-refractivity contribution in [1.82, 2.24) is 10.2 Å². The van der Waals surface area contributed by atoms with Crippen LogP contribution in [0, 0.1) is 0 Å². The number of likely N-dealkylation sites (N-methyl/N-ethyl adjacent to an activating group) is 1.